The zero-order chi connectivity index (χ0) is 28.6. The summed E-state index contributed by atoms with van der Waals surface area (Å²) in [6, 6.07) is 23.0. The van der Waals surface area contributed by atoms with Crippen LogP contribution in [0.4, 0.5) is 5.69 Å². The molecule has 0 bridgehead atoms. The monoisotopic (exact) mass is 578 g/mol. The summed E-state index contributed by atoms with van der Waals surface area (Å²) in [7, 11) is 0. The SMILES string of the molecule is O=C(NC1CC1)c1cc2c(s1)-c1ccccc1N(C(=O)c1cccc(-c3ccc(C(=O)N4CCOCC4)cc3)n1)CC2. The quantitative estimate of drug-likeness (QED) is 0.358. The van der Waals surface area contributed by atoms with E-state index in [4.69, 9.17) is 9.72 Å². The minimum atomic E-state index is -0.176. The van der Waals surface area contributed by atoms with E-state index in [-0.39, 0.29) is 17.7 Å². The number of fused-ring (bicyclic) bond motifs is 3. The largest absolute Gasteiger partial charge is 0.378 e. The minimum Gasteiger partial charge on any atom is -0.378 e. The van der Waals surface area contributed by atoms with Crippen molar-refractivity contribution in [2.45, 2.75) is 25.3 Å². The minimum absolute atomic E-state index is 0.00857. The number of morpholine rings is 1. The molecule has 9 heteroatoms. The molecule has 2 fully saturated rings. The number of anilines is 1. The van der Waals surface area contributed by atoms with E-state index in [0.29, 0.717) is 67.1 Å². The van der Waals surface area contributed by atoms with Gasteiger partial charge in [-0.15, -0.1) is 11.3 Å². The number of nitrogens with one attached hydrogen (secondary N) is 1. The van der Waals surface area contributed by atoms with Crippen LogP contribution in [0.1, 0.15) is 48.9 Å². The van der Waals surface area contributed by atoms with Crippen LogP contribution in [0.15, 0.2) is 72.8 Å². The summed E-state index contributed by atoms with van der Waals surface area (Å²) in [5.74, 6) is -0.198. The highest BCUT2D eigenvalue weighted by Gasteiger charge is 2.30. The van der Waals surface area contributed by atoms with E-state index in [1.807, 2.05) is 66.7 Å². The Morgan fingerprint density at radius 3 is 2.45 bits per heavy atom. The molecule has 4 heterocycles. The molecule has 1 N–H and O–H groups in total. The van der Waals surface area contributed by atoms with Crippen LogP contribution in [0.5, 0.6) is 0 Å². The fourth-order valence-corrected chi connectivity index (χ4v) is 6.64. The molecule has 7 rings (SSSR count). The number of pyridine rings is 1. The topological polar surface area (TPSA) is 91.8 Å². The number of para-hydroxylation sites is 1. The number of nitrogens with zero attached hydrogens (tertiary/aromatic N) is 3. The van der Waals surface area contributed by atoms with Gasteiger partial charge in [-0.25, -0.2) is 4.98 Å². The second kappa shape index (κ2) is 11.2. The van der Waals surface area contributed by atoms with Gasteiger partial charge in [0.05, 0.1) is 29.5 Å². The van der Waals surface area contributed by atoms with Gasteiger partial charge in [-0.1, -0.05) is 36.4 Å². The average Bonchev–Trinajstić information content (AvgIpc) is 3.79. The number of rotatable bonds is 5. The van der Waals surface area contributed by atoms with Gasteiger partial charge in [-0.3, -0.25) is 14.4 Å². The fraction of sp³-hybridized carbons (Fsp3) is 0.273. The first-order valence-corrected chi connectivity index (χ1v) is 15.2. The fourth-order valence-electron chi connectivity index (χ4n) is 5.49. The Hall–Kier alpha value is -4.34. The van der Waals surface area contributed by atoms with Gasteiger partial charge in [0.15, 0.2) is 0 Å². The zero-order valence-corrected chi connectivity index (χ0v) is 23.9. The maximum absolute atomic E-state index is 13.9. The van der Waals surface area contributed by atoms with E-state index in [1.54, 1.807) is 15.9 Å². The number of hydrogen-bond acceptors (Lipinski definition) is 6. The van der Waals surface area contributed by atoms with Gasteiger partial charge < -0.3 is 19.9 Å². The van der Waals surface area contributed by atoms with Crippen LogP contribution in [0.2, 0.25) is 0 Å². The van der Waals surface area contributed by atoms with Crippen molar-refractivity contribution in [2.75, 3.05) is 37.7 Å². The van der Waals surface area contributed by atoms with E-state index < -0.39 is 0 Å². The molecule has 0 spiro atoms. The molecule has 3 amide bonds. The predicted octanol–water partition coefficient (Wildman–Crippen LogP) is 5.04. The Morgan fingerprint density at radius 2 is 1.67 bits per heavy atom. The van der Waals surface area contributed by atoms with Crippen molar-refractivity contribution < 1.29 is 19.1 Å². The molecule has 2 aliphatic heterocycles. The van der Waals surface area contributed by atoms with Crippen molar-refractivity contribution in [1.29, 1.82) is 0 Å². The summed E-state index contributed by atoms with van der Waals surface area (Å²) >= 11 is 1.49. The lowest BCUT2D eigenvalue weighted by molar-refractivity contribution is 0.0303. The molecule has 3 aliphatic rings. The molecule has 0 radical (unpaired) electrons. The van der Waals surface area contributed by atoms with Gasteiger partial charge >= 0.3 is 0 Å². The van der Waals surface area contributed by atoms with Crippen LogP contribution in [0, 0.1) is 0 Å². The molecule has 0 atom stereocenters. The first-order chi connectivity index (χ1) is 20.5. The smallest absolute Gasteiger partial charge is 0.276 e. The van der Waals surface area contributed by atoms with Gasteiger partial charge in [0.2, 0.25) is 0 Å². The van der Waals surface area contributed by atoms with E-state index in [2.05, 4.69) is 5.32 Å². The average molecular weight is 579 g/mol. The second-order valence-corrected chi connectivity index (χ2v) is 11.9. The molecule has 8 nitrogen and oxygen atoms in total. The lowest BCUT2D eigenvalue weighted by Gasteiger charge is -2.26. The van der Waals surface area contributed by atoms with Crippen LogP contribution in [0.3, 0.4) is 0 Å². The molecule has 212 valence electrons. The lowest BCUT2D eigenvalue weighted by atomic mass is 10.1. The molecule has 42 heavy (non-hydrogen) atoms. The molecule has 1 aliphatic carbocycles. The van der Waals surface area contributed by atoms with E-state index >= 15 is 0 Å². The summed E-state index contributed by atoms with van der Waals surface area (Å²) in [5, 5.41) is 3.08. The number of benzene rings is 2. The van der Waals surface area contributed by atoms with Crippen LogP contribution < -0.4 is 10.2 Å². The maximum Gasteiger partial charge on any atom is 0.276 e. The number of aromatic nitrogens is 1. The number of carbonyl (C=O) groups is 3. The number of thiophene rings is 1. The Morgan fingerprint density at radius 1 is 0.881 bits per heavy atom. The number of amides is 3. The standard InChI is InChI=1S/C33H30N4O4S/c38-31(34-24-12-13-24)29-20-23-14-15-37(28-7-2-1-4-25(28)30(23)42-29)33(40)27-6-3-5-26(35-27)21-8-10-22(11-9-21)32(39)36-16-18-41-19-17-36/h1-11,20,24H,12-19H2,(H,34,38). The van der Waals surface area contributed by atoms with Crippen LogP contribution in [-0.2, 0) is 11.2 Å². The Balaban J connectivity index is 1.13. The lowest BCUT2D eigenvalue weighted by Crippen LogP contribution is -2.40. The number of ether oxygens (including phenoxy) is 1. The molecule has 4 aromatic rings. The van der Waals surface area contributed by atoms with Gasteiger partial charge in [0.1, 0.15) is 5.69 Å². The predicted molar refractivity (Wildman–Crippen MR) is 162 cm³/mol. The van der Waals surface area contributed by atoms with Crippen molar-refractivity contribution in [3.8, 4) is 21.7 Å². The van der Waals surface area contributed by atoms with Crippen molar-refractivity contribution in [3.63, 3.8) is 0 Å². The molecule has 1 saturated carbocycles. The molecule has 1 saturated heterocycles. The second-order valence-electron chi connectivity index (χ2n) is 10.8. The maximum atomic E-state index is 13.9. The summed E-state index contributed by atoms with van der Waals surface area (Å²) in [4.78, 5) is 49.6. The summed E-state index contributed by atoms with van der Waals surface area (Å²) < 4.78 is 5.35. The van der Waals surface area contributed by atoms with Crippen molar-refractivity contribution in [3.05, 3.63) is 94.5 Å². The third kappa shape index (κ3) is 5.21. The molecule has 0 unspecified atom stereocenters. The summed E-state index contributed by atoms with van der Waals surface area (Å²) in [5.41, 5.74) is 5.32. The van der Waals surface area contributed by atoms with Gasteiger partial charge in [-0.2, -0.15) is 0 Å². The van der Waals surface area contributed by atoms with E-state index in [9.17, 15) is 14.4 Å². The highest BCUT2D eigenvalue weighted by molar-refractivity contribution is 7.17. The van der Waals surface area contributed by atoms with Crippen molar-refractivity contribution >= 4 is 34.7 Å². The number of carbonyl (C=O) groups excluding carboxylic acids is 3. The normalized spacial score (nSPS) is 16.3. The molecule has 2 aromatic heterocycles. The molecule has 2 aromatic carbocycles. The van der Waals surface area contributed by atoms with E-state index in [1.165, 1.54) is 11.3 Å². The molecular formula is C33H30N4O4S. The molecular weight excluding hydrogens is 548 g/mol. The number of hydrogen-bond donors (Lipinski definition) is 1. The Bertz CT molecular complexity index is 1670. The first-order valence-electron chi connectivity index (χ1n) is 14.3. The Labute approximate surface area is 247 Å². The van der Waals surface area contributed by atoms with Crippen molar-refractivity contribution in [2.24, 2.45) is 0 Å². The third-order valence-electron chi connectivity index (χ3n) is 7.93. The highest BCUT2D eigenvalue weighted by atomic mass is 32.1. The van der Waals surface area contributed by atoms with Gasteiger partial charge in [-0.05, 0) is 61.2 Å². The first kappa shape index (κ1) is 26.6. The third-order valence-corrected chi connectivity index (χ3v) is 9.14. The van der Waals surface area contributed by atoms with Crippen LogP contribution in [-0.4, -0.2) is 66.5 Å². The summed E-state index contributed by atoms with van der Waals surface area (Å²) in [6.45, 7) is 2.78. The van der Waals surface area contributed by atoms with Crippen LogP contribution >= 0.6 is 11.3 Å². The van der Waals surface area contributed by atoms with E-state index in [0.717, 1.165) is 40.1 Å². The Kier molecular flexibility index (Phi) is 7.05. The highest BCUT2D eigenvalue weighted by Crippen LogP contribution is 2.42. The van der Waals surface area contributed by atoms with Gasteiger partial charge in [0.25, 0.3) is 17.7 Å². The van der Waals surface area contributed by atoms with Crippen LogP contribution in [0.25, 0.3) is 21.7 Å². The van der Waals surface area contributed by atoms with Crippen molar-refractivity contribution in [1.82, 2.24) is 15.2 Å². The summed E-state index contributed by atoms with van der Waals surface area (Å²) in [6.07, 6.45) is 2.74. The van der Waals surface area contributed by atoms with Gasteiger partial charge in [0, 0.05) is 47.2 Å². The zero-order valence-electron chi connectivity index (χ0n) is 23.0.